The predicted molar refractivity (Wildman–Crippen MR) is 92.7 cm³/mol. The Kier molecular flexibility index (Phi) is 3.55. The molecule has 1 N–H and O–H groups in total. The Morgan fingerprint density at radius 1 is 1.00 bits per heavy atom. The number of para-hydroxylation sites is 2. The Morgan fingerprint density at radius 2 is 1.62 bits per heavy atom. The van der Waals surface area contributed by atoms with Crippen LogP contribution in [-0.2, 0) is 6.54 Å². The molecule has 2 heterocycles. The molecule has 0 saturated carbocycles. The lowest BCUT2D eigenvalue weighted by molar-refractivity contribution is 0.228. The van der Waals surface area contributed by atoms with E-state index in [1.54, 1.807) is 16.1 Å². The SMILES string of the molecule is O=C(N1C=Nc2nc[nH]c2C1)N(c1ccccc1)c1ccccc1. The Hall–Kier alpha value is -3.41. The van der Waals surface area contributed by atoms with Gasteiger partial charge in [0.25, 0.3) is 0 Å². The van der Waals surface area contributed by atoms with Crippen molar-refractivity contribution in [1.29, 1.82) is 0 Å². The summed E-state index contributed by atoms with van der Waals surface area (Å²) in [4.78, 5) is 27.8. The summed E-state index contributed by atoms with van der Waals surface area (Å²) in [5.41, 5.74) is 2.43. The summed E-state index contributed by atoms with van der Waals surface area (Å²) in [6, 6.07) is 19.0. The van der Waals surface area contributed by atoms with Crippen molar-refractivity contribution in [3.8, 4) is 0 Å². The van der Waals surface area contributed by atoms with E-state index in [2.05, 4.69) is 15.0 Å². The molecule has 6 nitrogen and oxygen atoms in total. The van der Waals surface area contributed by atoms with E-state index in [0.29, 0.717) is 12.4 Å². The smallest absolute Gasteiger partial charge is 0.334 e. The third-order valence-electron chi connectivity index (χ3n) is 3.81. The van der Waals surface area contributed by atoms with Gasteiger partial charge in [-0.15, -0.1) is 0 Å². The highest BCUT2D eigenvalue weighted by Gasteiger charge is 2.26. The van der Waals surface area contributed by atoms with Gasteiger partial charge in [-0.1, -0.05) is 36.4 Å². The number of hydrogen-bond acceptors (Lipinski definition) is 3. The van der Waals surface area contributed by atoms with Gasteiger partial charge >= 0.3 is 6.03 Å². The van der Waals surface area contributed by atoms with E-state index in [-0.39, 0.29) is 6.03 Å². The number of anilines is 2. The zero-order valence-electron chi connectivity index (χ0n) is 12.8. The number of H-pyrrole nitrogens is 1. The summed E-state index contributed by atoms with van der Waals surface area (Å²) < 4.78 is 0. The molecule has 2 amide bonds. The fourth-order valence-corrected chi connectivity index (χ4v) is 2.65. The van der Waals surface area contributed by atoms with E-state index in [1.165, 1.54) is 6.34 Å². The first-order valence-electron chi connectivity index (χ1n) is 7.60. The molecule has 0 fully saturated rings. The standard InChI is InChI=1S/C18H15N5O/c24-18(22-11-16-17(21-13-22)20-12-19-16)23(14-7-3-1-4-8-14)15-9-5-2-6-10-15/h1-10,12-13H,11H2,(H,19,20). The van der Waals surface area contributed by atoms with Crippen molar-refractivity contribution in [2.75, 3.05) is 4.90 Å². The molecule has 3 aromatic rings. The van der Waals surface area contributed by atoms with E-state index < -0.39 is 0 Å². The number of fused-ring (bicyclic) bond motifs is 1. The first-order chi connectivity index (χ1) is 11.8. The first kappa shape index (κ1) is 14.2. The number of carbonyl (C=O) groups is 1. The fraction of sp³-hybridized carbons (Fsp3) is 0.0556. The number of hydrogen-bond donors (Lipinski definition) is 1. The monoisotopic (exact) mass is 317 g/mol. The Morgan fingerprint density at radius 3 is 2.25 bits per heavy atom. The number of aromatic amines is 1. The minimum absolute atomic E-state index is 0.170. The Balaban J connectivity index is 1.70. The highest BCUT2D eigenvalue weighted by atomic mass is 16.2. The number of urea groups is 1. The fourth-order valence-electron chi connectivity index (χ4n) is 2.65. The van der Waals surface area contributed by atoms with E-state index in [0.717, 1.165) is 17.1 Å². The summed E-state index contributed by atoms with van der Waals surface area (Å²) in [5.74, 6) is 0.630. The van der Waals surface area contributed by atoms with Crippen LogP contribution >= 0.6 is 0 Å². The largest absolute Gasteiger partial charge is 0.345 e. The van der Waals surface area contributed by atoms with Crippen LogP contribution in [0, 0.1) is 0 Å². The second-order valence-corrected chi connectivity index (χ2v) is 5.37. The molecule has 6 heteroatoms. The molecule has 1 aromatic heterocycles. The topological polar surface area (TPSA) is 64.6 Å². The van der Waals surface area contributed by atoms with E-state index >= 15 is 0 Å². The molecular weight excluding hydrogens is 302 g/mol. The van der Waals surface area contributed by atoms with Crippen LogP contribution in [0.15, 0.2) is 72.0 Å². The maximum Gasteiger partial charge on any atom is 0.334 e. The molecule has 24 heavy (non-hydrogen) atoms. The molecular formula is C18H15N5O. The molecule has 2 aromatic carbocycles. The van der Waals surface area contributed by atoms with Crippen molar-refractivity contribution < 1.29 is 4.79 Å². The number of aromatic nitrogens is 2. The molecule has 0 atom stereocenters. The van der Waals surface area contributed by atoms with Crippen molar-refractivity contribution in [1.82, 2.24) is 14.9 Å². The minimum atomic E-state index is -0.170. The normalized spacial score (nSPS) is 12.8. The number of carbonyl (C=O) groups excluding carboxylic acids is 1. The molecule has 0 unspecified atom stereocenters. The molecule has 0 aliphatic carbocycles. The van der Waals surface area contributed by atoms with E-state index in [1.807, 2.05) is 60.7 Å². The average molecular weight is 317 g/mol. The van der Waals surface area contributed by atoms with Crippen LogP contribution in [0.25, 0.3) is 0 Å². The zero-order chi connectivity index (χ0) is 16.4. The van der Waals surface area contributed by atoms with Gasteiger partial charge in [0.15, 0.2) is 5.82 Å². The molecule has 0 bridgehead atoms. The molecule has 1 aliphatic heterocycles. The highest BCUT2D eigenvalue weighted by molar-refractivity contribution is 6.04. The van der Waals surface area contributed by atoms with Gasteiger partial charge in [0, 0.05) is 0 Å². The number of benzene rings is 2. The number of amides is 2. The van der Waals surface area contributed by atoms with Crippen molar-refractivity contribution in [3.63, 3.8) is 0 Å². The van der Waals surface area contributed by atoms with Crippen LogP contribution in [0.3, 0.4) is 0 Å². The summed E-state index contributed by atoms with van der Waals surface area (Å²) in [7, 11) is 0. The zero-order valence-corrected chi connectivity index (χ0v) is 12.8. The van der Waals surface area contributed by atoms with Crippen molar-refractivity contribution in [2.24, 2.45) is 4.99 Å². The number of imidazole rings is 1. The number of aliphatic imine (C=N–C) groups is 1. The molecule has 118 valence electrons. The lowest BCUT2D eigenvalue weighted by Gasteiger charge is -2.29. The maximum absolute atomic E-state index is 13.2. The van der Waals surface area contributed by atoms with Gasteiger partial charge in [-0.3, -0.25) is 9.80 Å². The minimum Gasteiger partial charge on any atom is -0.345 e. The van der Waals surface area contributed by atoms with Gasteiger partial charge in [0.05, 0.1) is 29.9 Å². The summed E-state index contributed by atoms with van der Waals surface area (Å²) >= 11 is 0. The second-order valence-electron chi connectivity index (χ2n) is 5.37. The third kappa shape index (κ3) is 2.54. The molecule has 1 aliphatic rings. The van der Waals surface area contributed by atoms with Gasteiger partial charge < -0.3 is 4.98 Å². The van der Waals surface area contributed by atoms with Crippen LogP contribution in [0.2, 0.25) is 0 Å². The number of nitrogens with one attached hydrogen (secondary N) is 1. The second kappa shape index (κ2) is 6.00. The van der Waals surface area contributed by atoms with Gasteiger partial charge in [-0.2, -0.15) is 0 Å². The van der Waals surface area contributed by atoms with E-state index in [9.17, 15) is 4.79 Å². The van der Waals surface area contributed by atoms with Gasteiger partial charge in [-0.05, 0) is 24.3 Å². The van der Waals surface area contributed by atoms with Gasteiger partial charge in [-0.25, -0.2) is 14.8 Å². The molecule has 0 radical (unpaired) electrons. The maximum atomic E-state index is 13.2. The van der Waals surface area contributed by atoms with Crippen LogP contribution in [0.4, 0.5) is 22.0 Å². The van der Waals surface area contributed by atoms with Crippen LogP contribution in [0.5, 0.6) is 0 Å². The van der Waals surface area contributed by atoms with Crippen molar-refractivity contribution >= 4 is 29.6 Å². The molecule has 4 rings (SSSR count). The van der Waals surface area contributed by atoms with Gasteiger partial charge in [0.1, 0.15) is 6.34 Å². The lowest BCUT2D eigenvalue weighted by atomic mass is 10.2. The third-order valence-corrected chi connectivity index (χ3v) is 3.81. The Bertz CT molecular complexity index is 833. The Labute approximate surface area is 139 Å². The van der Waals surface area contributed by atoms with Crippen molar-refractivity contribution in [3.05, 3.63) is 72.7 Å². The summed E-state index contributed by atoms with van der Waals surface area (Å²) in [5, 5.41) is 0. The predicted octanol–water partition coefficient (Wildman–Crippen LogP) is 3.84. The first-order valence-corrected chi connectivity index (χ1v) is 7.60. The van der Waals surface area contributed by atoms with Gasteiger partial charge in [0.2, 0.25) is 0 Å². The number of nitrogens with zero attached hydrogens (tertiary/aromatic N) is 4. The van der Waals surface area contributed by atoms with Crippen LogP contribution in [0.1, 0.15) is 5.69 Å². The summed E-state index contributed by atoms with van der Waals surface area (Å²) in [6.07, 6.45) is 3.12. The molecule has 0 saturated heterocycles. The van der Waals surface area contributed by atoms with Crippen LogP contribution in [-0.4, -0.2) is 27.2 Å². The van der Waals surface area contributed by atoms with E-state index in [4.69, 9.17) is 0 Å². The van der Waals surface area contributed by atoms with Crippen molar-refractivity contribution in [2.45, 2.75) is 6.54 Å². The van der Waals surface area contributed by atoms with Crippen LogP contribution < -0.4 is 4.90 Å². The lowest BCUT2D eigenvalue weighted by Crippen LogP contribution is -2.40. The average Bonchev–Trinajstić information content (AvgIpc) is 3.11. The summed E-state index contributed by atoms with van der Waals surface area (Å²) in [6.45, 7) is 0.411. The number of rotatable bonds is 2. The molecule has 0 spiro atoms. The quantitative estimate of drug-likeness (QED) is 0.780. The highest BCUT2D eigenvalue weighted by Crippen LogP contribution is 2.28.